The molecule has 1 aliphatic rings. The van der Waals surface area contributed by atoms with Crippen LogP contribution in [0.1, 0.15) is 29.0 Å². The van der Waals surface area contributed by atoms with E-state index < -0.39 is 0 Å². The summed E-state index contributed by atoms with van der Waals surface area (Å²) in [5.74, 6) is 0. The molecular formula is C22H20N4S. The first kappa shape index (κ1) is 16.4. The Morgan fingerprint density at radius 2 is 1.89 bits per heavy atom. The molecule has 1 aliphatic carbocycles. The molecule has 0 aliphatic heterocycles. The van der Waals surface area contributed by atoms with E-state index in [1.54, 1.807) is 0 Å². The van der Waals surface area contributed by atoms with Crippen molar-refractivity contribution in [1.82, 2.24) is 19.5 Å². The second-order valence-electron chi connectivity index (χ2n) is 6.89. The molecule has 5 heteroatoms. The van der Waals surface area contributed by atoms with Gasteiger partial charge >= 0.3 is 0 Å². The average Bonchev–Trinajstić information content (AvgIpc) is 3.33. The monoisotopic (exact) mass is 372 g/mol. The fourth-order valence-corrected chi connectivity index (χ4v) is 4.89. The van der Waals surface area contributed by atoms with Crippen molar-refractivity contribution in [3.63, 3.8) is 0 Å². The molecular weight excluding hydrogens is 352 g/mol. The van der Waals surface area contributed by atoms with Crippen LogP contribution in [0.3, 0.4) is 0 Å². The van der Waals surface area contributed by atoms with Crippen LogP contribution in [0.25, 0.3) is 22.0 Å². The van der Waals surface area contributed by atoms with Crippen LogP contribution >= 0.6 is 11.3 Å². The van der Waals surface area contributed by atoms with E-state index >= 15 is 0 Å². The molecule has 4 nitrogen and oxygen atoms in total. The number of thiazole rings is 1. The first-order chi connectivity index (χ1) is 13.4. The molecule has 0 saturated heterocycles. The normalized spacial score (nSPS) is 13.5. The summed E-state index contributed by atoms with van der Waals surface area (Å²) in [5.41, 5.74) is 5.70. The zero-order valence-corrected chi connectivity index (χ0v) is 15.8. The maximum absolute atomic E-state index is 5.02. The molecule has 5 rings (SSSR count). The highest BCUT2D eigenvalue weighted by molar-refractivity contribution is 7.15. The van der Waals surface area contributed by atoms with Gasteiger partial charge in [0.1, 0.15) is 10.7 Å². The van der Waals surface area contributed by atoms with Gasteiger partial charge in [0.15, 0.2) is 0 Å². The third-order valence-electron chi connectivity index (χ3n) is 5.01. The number of rotatable bonds is 4. The van der Waals surface area contributed by atoms with Gasteiger partial charge in [-0.25, -0.2) is 9.97 Å². The fraction of sp³-hybridized carbons (Fsp3) is 0.227. The minimum Gasteiger partial charge on any atom is -0.324 e. The topological polar surface area (TPSA) is 43.6 Å². The van der Waals surface area contributed by atoms with Crippen LogP contribution < -0.4 is 0 Å². The number of aromatic nitrogens is 4. The molecule has 0 N–H and O–H groups in total. The first-order valence-electron chi connectivity index (χ1n) is 9.37. The van der Waals surface area contributed by atoms with Crippen molar-refractivity contribution in [1.29, 1.82) is 0 Å². The van der Waals surface area contributed by atoms with Crippen LogP contribution in [-0.2, 0) is 19.4 Å². The number of pyridine rings is 1. The van der Waals surface area contributed by atoms with Crippen molar-refractivity contribution in [3.8, 4) is 22.0 Å². The Balaban J connectivity index is 1.64. The number of nitrogens with zero attached hydrogens (tertiary/aromatic N) is 4. The van der Waals surface area contributed by atoms with Gasteiger partial charge in [0, 0.05) is 22.8 Å². The Labute approximate surface area is 162 Å². The lowest BCUT2D eigenvalue weighted by atomic mass is 10.0. The second-order valence-corrected chi connectivity index (χ2v) is 7.98. The molecule has 1 aromatic carbocycles. The van der Waals surface area contributed by atoms with Crippen LogP contribution in [-0.4, -0.2) is 19.5 Å². The van der Waals surface area contributed by atoms with Crippen LogP contribution in [0.5, 0.6) is 0 Å². The lowest BCUT2D eigenvalue weighted by molar-refractivity contribution is 0.682. The quantitative estimate of drug-likeness (QED) is 0.506. The third kappa shape index (κ3) is 3.19. The minimum absolute atomic E-state index is 0.743. The summed E-state index contributed by atoms with van der Waals surface area (Å²) in [5, 5.41) is 1.09. The number of fused-ring (bicyclic) bond motifs is 1. The number of hydrogen-bond donors (Lipinski definition) is 0. The van der Waals surface area contributed by atoms with Crippen LogP contribution in [0, 0.1) is 0 Å². The molecule has 0 spiro atoms. The molecule has 3 aromatic heterocycles. The Morgan fingerprint density at radius 3 is 2.70 bits per heavy atom. The predicted octanol–water partition coefficient (Wildman–Crippen LogP) is 5.00. The van der Waals surface area contributed by atoms with Crippen LogP contribution in [0.2, 0.25) is 0 Å². The number of benzene rings is 1. The van der Waals surface area contributed by atoms with Crippen LogP contribution in [0.15, 0.2) is 61.2 Å². The summed E-state index contributed by atoms with van der Waals surface area (Å²) >= 11 is 1.84. The Kier molecular flexibility index (Phi) is 4.30. The zero-order chi connectivity index (χ0) is 18.1. The molecule has 0 fully saturated rings. The van der Waals surface area contributed by atoms with Crippen molar-refractivity contribution >= 4 is 11.3 Å². The van der Waals surface area contributed by atoms with E-state index in [1.807, 2.05) is 42.2 Å². The number of hydrogen-bond acceptors (Lipinski definition) is 4. The number of imidazole rings is 1. The van der Waals surface area contributed by atoms with Crippen molar-refractivity contribution in [3.05, 3.63) is 77.3 Å². The van der Waals surface area contributed by atoms with E-state index in [2.05, 4.69) is 39.9 Å². The van der Waals surface area contributed by atoms with Gasteiger partial charge < -0.3 is 4.57 Å². The Bertz CT molecular complexity index is 1030. The lowest BCUT2D eigenvalue weighted by Crippen LogP contribution is -2.02. The van der Waals surface area contributed by atoms with E-state index in [9.17, 15) is 0 Å². The van der Waals surface area contributed by atoms with Gasteiger partial charge in [-0.2, -0.15) is 0 Å². The summed E-state index contributed by atoms with van der Waals surface area (Å²) in [6.07, 6.45) is 10.4. The molecule has 0 radical (unpaired) electrons. The van der Waals surface area contributed by atoms with Gasteiger partial charge in [-0.1, -0.05) is 36.4 Å². The predicted molar refractivity (Wildman–Crippen MR) is 109 cm³/mol. The SMILES string of the molecule is c1ccc(-c2ncn(Cc3cccnc3)c2-c2nc3c(s2)CCCC3)cc1. The van der Waals surface area contributed by atoms with E-state index in [1.165, 1.54) is 23.4 Å². The molecule has 134 valence electrons. The highest BCUT2D eigenvalue weighted by Crippen LogP contribution is 2.37. The third-order valence-corrected chi connectivity index (χ3v) is 6.17. The van der Waals surface area contributed by atoms with E-state index in [-0.39, 0.29) is 0 Å². The van der Waals surface area contributed by atoms with Gasteiger partial charge in [-0.15, -0.1) is 11.3 Å². The maximum Gasteiger partial charge on any atom is 0.142 e. The summed E-state index contributed by atoms with van der Waals surface area (Å²) in [6.45, 7) is 0.743. The largest absolute Gasteiger partial charge is 0.324 e. The highest BCUT2D eigenvalue weighted by atomic mass is 32.1. The standard InChI is InChI=1S/C22H20N4S/c1-2-8-17(9-3-1)20-21(22-25-18-10-4-5-11-19(18)27-22)26(15-24-20)14-16-7-6-12-23-13-16/h1-3,6-9,12-13,15H,4-5,10-11,14H2. The van der Waals surface area contributed by atoms with Crippen molar-refractivity contribution < 1.29 is 0 Å². The van der Waals surface area contributed by atoms with Gasteiger partial charge in [-0.05, 0) is 37.3 Å². The molecule has 0 unspecified atom stereocenters. The van der Waals surface area contributed by atoms with Gasteiger partial charge in [0.25, 0.3) is 0 Å². The average molecular weight is 372 g/mol. The smallest absolute Gasteiger partial charge is 0.142 e. The summed E-state index contributed by atoms with van der Waals surface area (Å²) < 4.78 is 2.21. The van der Waals surface area contributed by atoms with Gasteiger partial charge in [0.2, 0.25) is 0 Å². The number of aryl methyl sites for hydroxylation is 2. The fourth-order valence-electron chi connectivity index (χ4n) is 3.68. The Morgan fingerprint density at radius 1 is 1.00 bits per heavy atom. The van der Waals surface area contributed by atoms with Crippen LogP contribution in [0.4, 0.5) is 0 Å². The highest BCUT2D eigenvalue weighted by Gasteiger charge is 2.22. The van der Waals surface area contributed by atoms with Gasteiger partial charge in [0.05, 0.1) is 24.3 Å². The van der Waals surface area contributed by atoms with Crippen molar-refractivity contribution in [2.24, 2.45) is 0 Å². The van der Waals surface area contributed by atoms with E-state index in [0.29, 0.717) is 0 Å². The summed E-state index contributed by atoms with van der Waals surface area (Å²) in [7, 11) is 0. The maximum atomic E-state index is 5.02. The molecule has 0 atom stereocenters. The summed E-state index contributed by atoms with van der Waals surface area (Å²) in [6, 6.07) is 14.5. The van der Waals surface area contributed by atoms with E-state index in [4.69, 9.17) is 9.97 Å². The molecule has 0 bridgehead atoms. The van der Waals surface area contributed by atoms with Gasteiger partial charge in [-0.3, -0.25) is 4.98 Å². The minimum atomic E-state index is 0.743. The van der Waals surface area contributed by atoms with Crippen molar-refractivity contribution in [2.75, 3.05) is 0 Å². The lowest BCUT2D eigenvalue weighted by Gasteiger charge is -2.08. The zero-order valence-electron chi connectivity index (χ0n) is 15.0. The molecule has 0 saturated carbocycles. The molecule has 27 heavy (non-hydrogen) atoms. The Hall–Kier alpha value is -2.79. The molecule has 0 amide bonds. The molecule has 3 heterocycles. The first-order valence-corrected chi connectivity index (χ1v) is 10.2. The van der Waals surface area contributed by atoms with Crippen molar-refractivity contribution in [2.45, 2.75) is 32.2 Å². The van der Waals surface area contributed by atoms with E-state index in [0.717, 1.165) is 46.9 Å². The molecule has 4 aromatic rings. The summed E-state index contributed by atoms with van der Waals surface area (Å²) in [4.78, 5) is 15.5. The second kappa shape index (κ2) is 7.08.